The Morgan fingerprint density at radius 2 is 2.00 bits per heavy atom. The fraction of sp³-hybridized carbons (Fsp3) is 0.882. The smallest absolute Gasteiger partial charge is 0.220 e. The van der Waals surface area contributed by atoms with E-state index in [1.165, 1.54) is 0 Å². The van der Waals surface area contributed by atoms with Crippen LogP contribution in [0.25, 0.3) is 0 Å². The lowest BCUT2D eigenvalue weighted by atomic mass is 10.1. The average molecular weight is 454 g/mol. The molecule has 1 fully saturated rings. The number of ether oxygens (including phenoxy) is 1. The minimum Gasteiger partial charge on any atom is -0.380 e. The van der Waals surface area contributed by atoms with Crippen molar-refractivity contribution in [3.05, 3.63) is 0 Å². The number of hydrogen-bond donors (Lipinski definition) is 3. The molecule has 142 valence electrons. The number of halogens is 1. The summed E-state index contributed by atoms with van der Waals surface area (Å²) in [6.07, 6.45) is 4.70. The third-order valence-electron chi connectivity index (χ3n) is 3.50. The van der Waals surface area contributed by atoms with Crippen LogP contribution >= 0.6 is 24.0 Å². The Morgan fingerprint density at radius 3 is 2.62 bits per heavy atom. The van der Waals surface area contributed by atoms with E-state index in [1.807, 2.05) is 6.92 Å². The fourth-order valence-electron chi connectivity index (χ4n) is 1.96. The maximum Gasteiger partial charge on any atom is 0.220 e. The third-order valence-corrected chi connectivity index (χ3v) is 3.50. The van der Waals surface area contributed by atoms with Crippen LogP contribution in [0.5, 0.6) is 0 Å². The van der Waals surface area contributed by atoms with Gasteiger partial charge in [-0.15, -0.1) is 24.0 Å². The fourth-order valence-corrected chi connectivity index (χ4v) is 1.96. The van der Waals surface area contributed by atoms with Gasteiger partial charge >= 0.3 is 0 Å². The molecule has 3 N–H and O–H groups in total. The van der Waals surface area contributed by atoms with Gasteiger partial charge in [-0.3, -0.25) is 9.79 Å². The SMILES string of the molecule is CCNC(=NCCCC(=O)NC1CC1)NCCOCCC(C)C.I. The van der Waals surface area contributed by atoms with Crippen molar-refractivity contribution >= 4 is 35.8 Å². The molecule has 1 rings (SSSR count). The molecule has 1 aliphatic rings. The maximum absolute atomic E-state index is 11.6. The second-order valence-corrected chi connectivity index (χ2v) is 6.43. The Hall–Kier alpha value is -0.570. The second-order valence-electron chi connectivity index (χ2n) is 6.43. The van der Waals surface area contributed by atoms with Gasteiger partial charge in [-0.25, -0.2) is 0 Å². The molecular weight excluding hydrogens is 419 g/mol. The highest BCUT2D eigenvalue weighted by Gasteiger charge is 2.22. The molecular formula is C17H35IN4O2. The molecule has 0 spiro atoms. The van der Waals surface area contributed by atoms with Crippen LogP contribution < -0.4 is 16.0 Å². The van der Waals surface area contributed by atoms with Crippen LogP contribution in [0.2, 0.25) is 0 Å². The van der Waals surface area contributed by atoms with Crippen LogP contribution in [0.15, 0.2) is 4.99 Å². The molecule has 6 nitrogen and oxygen atoms in total. The summed E-state index contributed by atoms with van der Waals surface area (Å²) in [5.41, 5.74) is 0. The summed E-state index contributed by atoms with van der Waals surface area (Å²) in [6, 6.07) is 0.445. The molecule has 24 heavy (non-hydrogen) atoms. The lowest BCUT2D eigenvalue weighted by Crippen LogP contribution is -2.39. The number of guanidine groups is 1. The van der Waals surface area contributed by atoms with Crippen LogP contribution in [-0.2, 0) is 9.53 Å². The van der Waals surface area contributed by atoms with Crippen LogP contribution in [0.4, 0.5) is 0 Å². The molecule has 0 aromatic rings. The minimum absolute atomic E-state index is 0. The quantitative estimate of drug-likeness (QED) is 0.183. The van der Waals surface area contributed by atoms with Gasteiger partial charge < -0.3 is 20.7 Å². The van der Waals surface area contributed by atoms with E-state index in [2.05, 4.69) is 34.8 Å². The van der Waals surface area contributed by atoms with Crippen molar-refractivity contribution in [3.63, 3.8) is 0 Å². The molecule has 1 saturated carbocycles. The first-order valence-electron chi connectivity index (χ1n) is 9.01. The number of amides is 1. The number of rotatable bonds is 12. The molecule has 0 bridgehead atoms. The number of nitrogens with one attached hydrogen (secondary N) is 3. The van der Waals surface area contributed by atoms with Crippen molar-refractivity contribution in [2.24, 2.45) is 10.9 Å². The summed E-state index contributed by atoms with van der Waals surface area (Å²) in [6.45, 7) is 10.1. The highest BCUT2D eigenvalue weighted by atomic mass is 127. The van der Waals surface area contributed by atoms with Gasteiger partial charge in [0, 0.05) is 38.7 Å². The Kier molecular flexibility index (Phi) is 14.4. The monoisotopic (exact) mass is 454 g/mol. The number of nitrogens with zero attached hydrogens (tertiary/aromatic N) is 1. The van der Waals surface area contributed by atoms with Gasteiger partial charge in [0.1, 0.15) is 0 Å². The first-order valence-corrected chi connectivity index (χ1v) is 9.01. The standard InChI is InChI=1S/C17H34N4O2.HI/c1-4-18-17(20-11-13-23-12-9-14(2)3)19-10-5-6-16(22)21-15-7-8-15;/h14-15H,4-13H2,1-3H3,(H,21,22)(H2,18,19,20);1H. The number of carbonyl (C=O) groups excluding carboxylic acids is 1. The highest BCUT2D eigenvalue weighted by Crippen LogP contribution is 2.18. The van der Waals surface area contributed by atoms with E-state index in [-0.39, 0.29) is 29.9 Å². The van der Waals surface area contributed by atoms with E-state index in [4.69, 9.17) is 4.74 Å². The second kappa shape index (κ2) is 14.7. The zero-order chi connectivity index (χ0) is 16.9. The van der Waals surface area contributed by atoms with E-state index in [9.17, 15) is 4.79 Å². The van der Waals surface area contributed by atoms with Crippen molar-refractivity contribution in [2.75, 3.05) is 32.8 Å². The summed E-state index contributed by atoms with van der Waals surface area (Å²) in [5.74, 6) is 1.63. The molecule has 0 aromatic carbocycles. The largest absolute Gasteiger partial charge is 0.380 e. The molecule has 0 aliphatic heterocycles. The Bertz CT molecular complexity index is 360. The molecule has 0 unspecified atom stereocenters. The molecule has 0 saturated heterocycles. The topological polar surface area (TPSA) is 74.8 Å². The maximum atomic E-state index is 11.6. The van der Waals surface area contributed by atoms with Crippen LogP contribution in [-0.4, -0.2) is 50.8 Å². The first-order chi connectivity index (χ1) is 11.1. The zero-order valence-corrected chi connectivity index (χ0v) is 17.7. The van der Waals surface area contributed by atoms with Gasteiger partial charge in [0.2, 0.25) is 5.91 Å². The van der Waals surface area contributed by atoms with Gasteiger partial charge in [0.25, 0.3) is 0 Å². The van der Waals surface area contributed by atoms with E-state index in [1.54, 1.807) is 0 Å². The predicted octanol–water partition coefficient (Wildman–Crippen LogP) is 2.28. The molecule has 7 heteroatoms. The summed E-state index contributed by atoms with van der Waals surface area (Å²) >= 11 is 0. The predicted molar refractivity (Wildman–Crippen MR) is 110 cm³/mol. The Balaban J connectivity index is 0.00000529. The van der Waals surface area contributed by atoms with Gasteiger partial charge in [-0.2, -0.15) is 0 Å². The molecule has 0 atom stereocenters. The van der Waals surface area contributed by atoms with E-state index in [0.29, 0.717) is 31.5 Å². The summed E-state index contributed by atoms with van der Waals surface area (Å²) in [5, 5.41) is 9.45. The van der Waals surface area contributed by atoms with Crippen LogP contribution in [0, 0.1) is 5.92 Å². The van der Waals surface area contributed by atoms with Crippen LogP contribution in [0.3, 0.4) is 0 Å². The van der Waals surface area contributed by atoms with Gasteiger partial charge in [0.05, 0.1) is 6.61 Å². The molecule has 1 amide bonds. The lowest BCUT2D eigenvalue weighted by molar-refractivity contribution is -0.121. The molecule has 0 aromatic heterocycles. The van der Waals surface area contributed by atoms with Gasteiger partial charge in [-0.05, 0) is 38.5 Å². The molecule has 0 heterocycles. The summed E-state index contributed by atoms with van der Waals surface area (Å²) < 4.78 is 5.57. The first kappa shape index (κ1) is 23.4. The number of aliphatic imine (C=N–C) groups is 1. The van der Waals surface area contributed by atoms with Crippen molar-refractivity contribution < 1.29 is 9.53 Å². The van der Waals surface area contributed by atoms with Crippen molar-refractivity contribution in [3.8, 4) is 0 Å². The zero-order valence-electron chi connectivity index (χ0n) is 15.4. The normalized spacial score (nSPS) is 14.2. The van der Waals surface area contributed by atoms with Gasteiger partial charge in [0.15, 0.2) is 5.96 Å². The average Bonchev–Trinajstić information content (AvgIpc) is 3.30. The molecule has 0 radical (unpaired) electrons. The van der Waals surface area contributed by atoms with Crippen molar-refractivity contribution in [2.45, 2.75) is 58.9 Å². The van der Waals surface area contributed by atoms with E-state index >= 15 is 0 Å². The third kappa shape index (κ3) is 13.8. The Morgan fingerprint density at radius 1 is 1.25 bits per heavy atom. The van der Waals surface area contributed by atoms with E-state index < -0.39 is 0 Å². The Labute approximate surface area is 164 Å². The minimum atomic E-state index is 0. The summed E-state index contributed by atoms with van der Waals surface area (Å²) in [4.78, 5) is 16.1. The van der Waals surface area contributed by atoms with Crippen molar-refractivity contribution in [1.29, 1.82) is 0 Å². The summed E-state index contributed by atoms with van der Waals surface area (Å²) in [7, 11) is 0. The van der Waals surface area contributed by atoms with Crippen LogP contribution in [0.1, 0.15) is 52.9 Å². The van der Waals surface area contributed by atoms with E-state index in [0.717, 1.165) is 51.3 Å². The van der Waals surface area contributed by atoms with Crippen molar-refractivity contribution in [1.82, 2.24) is 16.0 Å². The lowest BCUT2D eigenvalue weighted by Gasteiger charge is -2.12. The van der Waals surface area contributed by atoms with Gasteiger partial charge in [-0.1, -0.05) is 13.8 Å². The number of carbonyl (C=O) groups is 1. The molecule has 1 aliphatic carbocycles. The number of hydrogen-bond acceptors (Lipinski definition) is 3. The highest BCUT2D eigenvalue weighted by molar-refractivity contribution is 14.0.